The molecule has 1 rings (SSSR count). The minimum atomic E-state index is -0.409. The maximum atomic E-state index is 11.3. The van der Waals surface area contributed by atoms with Crippen molar-refractivity contribution in [1.29, 1.82) is 0 Å². The summed E-state index contributed by atoms with van der Waals surface area (Å²) in [4.78, 5) is 15.2. The molecule has 0 fully saturated rings. The first-order valence-corrected chi connectivity index (χ1v) is 4.64. The van der Waals surface area contributed by atoms with Crippen LogP contribution >= 0.6 is 0 Å². The smallest absolute Gasteiger partial charge is 0.338 e. The van der Waals surface area contributed by atoms with Gasteiger partial charge in [0, 0.05) is 12.3 Å². The molecule has 5 nitrogen and oxygen atoms in total. The molecule has 15 heavy (non-hydrogen) atoms. The highest BCUT2D eigenvalue weighted by atomic mass is 16.5. The number of carbonyl (C=O) groups is 1. The van der Waals surface area contributed by atoms with Crippen LogP contribution in [0, 0.1) is 0 Å². The number of carbonyl (C=O) groups excluding carboxylic acids is 1. The van der Waals surface area contributed by atoms with Gasteiger partial charge in [0.25, 0.3) is 0 Å². The van der Waals surface area contributed by atoms with Gasteiger partial charge in [0.2, 0.25) is 5.88 Å². The highest BCUT2D eigenvalue weighted by Gasteiger charge is 2.07. The Morgan fingerprint density at radius 1 is 1.60 bits per heavy atom. The van der Waals surface area contributed by atoms with Crippen molar-refractivity contribution in [3.05, 3.63) is 23.9 Å². The summed E-state index contributed by atoms with van der Waals surface area (Å²) in [6.07, 6.45) is 1.46. The molecule has 82 valence electrons. The highest BCUT2D eigenvalue weighted by Crippen LogP contribution is 2.10. The van der Waals surface area contributed by atoms with E-state index in [0.29, 0.717) is 18.1 Å². The second kappa shape index (κ2) is 5.98. The summed E-state index contributed by atoms with van der Waals surface area (Å²) in [5.74, 6) is -0.108. The van der Waals surface area contributed by atoms with Crippen LogP contribution in [0.3, 0.4) is 0 Å². The quantitative estimate of drug-likeness (QED) is 0.723. The van der Waals surface area contributed by atoms with Crippen LogP contribution in [0.5, 0.6) is 5.88 Å². The lowest BCUT2D eigenvalue weighted by Gasteiger charge is -2.05. The number of aliphatic hydroxyl groups excluding tert-OH is 1. The molecule has 0 aliphatic carbocycles. The molecule has 1 aromatic heterocycles. The predicted octanol–water partition coefficient (Wildman–Crippen LogP) is 0.629. The van der Waals surface area contributed by atoms with E-state index in [9.17, 15) is 4.79 Å². The highest BCUT2D eigenvalue weighted by molar-refractivity contribution is 5.89. The number of esters is 1. The molecule has 0 amide bonds. The van der Waals surface area contributed by atoms with Crippen LogP contribution in [0.15, 0.2) is 18.3 Å². The third-order valence-electron chi connectivity index (χ3n) is 1.59. The van der Waals surface area contributed by atoms with E-state index in [-0.39, 0.29) is 13.2 Å². The molecule has 1 N–H and O–H groups in total. The fourth-order valence-electron chi connectivity index (χ4n) is 0.980. The van der Waals surface area contributed by atoms with Gasteiger partial charge >= 0.3 is 5.97 Å². The third-order valence-corrected chi connectivity index (χ3v) is 1.59. The van der Waals surface area contributed by atoms with E-state index < -0.39 is 5.97 Å². The Bertz CT molecular complexity index is 327. The molecule has 0 bridgehead atoms. The average Bonchev–Trinajstić information content (AvgIpc) is 2.27. The number of pyridine rings is 1. The Labute approximate surface area is 87.7 Å². The Morgan fingerprint density at radius 2 is 2.40 bits per heavy atom. The molecular weight excluding hydrogens is 198 g/mol. The molecule has 0 aromatic carbocycles. The molecule has 0 radical (unpaired) electrons. The van der Waals surface area contributed by atoms with Gasteiger partial charge in [-0.05, 0) is 13.0 Å². The predicted molar refractivity (Wildman–Crippen MR) is 52.8 cm³/mol. The van der Waals surface area contributed by atoms with Gasteiger partial charge in [-0.15, -0.1) is 0 Å². The van der Waals surface area contributed by atoms with Crippen molar-refractivity contribution < 1.29 is 19.4 Å². The van der Waals surface area contributed by atoms with Crippen LogP contribution < -0.4 is 4.74 Å². The van der Waals surface area contributed by atoms with Gasteiger partial charge in [0.1, 0.15) is 6.61 Å². The van der Waals surface area contributed by atoms with E-state index in [1.807, 2.05) is 0 Å². The maximum Gasteiger partial charge on any atom is 0.338 e. The lowest BCUT2D eigenvalue weighted by molar-refractivity contribution is 0.0525. The lowest BCUT2D eigenvalue weighted by Crippen LogP contribution is -2.07. The first-order chi connectivity index (χ1) is 7.27. The zero-order valence-corrected chi connectivity index (χ0v) is 8.47. The van der Waals surface area contributed by atoms with E-state index in [2.05, 4.69) is 4.98 Å². The van der Waals surface area contributed by atoms with E-state index in [4.69, 9.17) is 14.6 Å². The number of hydrogen-bond donors (Lipinski definition) is 1. The summed E-state index contributed by atoms with van der Waals surface area (Å²) in [7, 11) is 0. The van der Waals surface area contributed by atoms with Crippen molar-refractivity contribution in [2.75, 3.05) is 19.8 Å². The van der Waals surface area contributed by atoms with Crippen LogP contribution in [0.2, 0.25) is 0 Å². The number of ether oxygens (including phenoxy) is 2. The van der Waals surface area contributed by atoms with Crippen molar-refractivity contribution in [1.82, 2.24) is 4.98 Å². The van der Waals surface area contributed by atoms with Gasteiger partial charge in [-0.1, -0.05) is 0 Å². The lowest BCUT2D eigenvalue weighted by atomic mass is 10.3. The number of hydrogen-bond acceptors (Lipinski definition) is 5. The number of aliphatic hydroxyl groups is 1. The Kier molecular flexibility index (Phi) is 4.56. The van der Waals surface area contributed by atoms with Gasteiger partial charge in [0.05, 0.1) is 18.8 Å². The summed E-state index contributed by atoms with van der Waals surface area (Å²) in [6.45, 7) is 2.13. The van der Waals surface area contributed by atoms with Gasteiger partial charge < -0.3 is 14.6 Å². The monoisotopic (exact) mass is 211 g/mol. The van der Waals surface area contributed by atoms with Crippen molar-refractivity contribution in [2.24, 2.45) is 0 Å². The van der Waals surface area contributed by atoms with E-state index in [1.54, 1.807) is 13.0 Å². The molecule has 0 aliphatic heterocycles. The summed E-state index contributed by atoms with van der Waals surface area (Å²) in [6, 6.07) is 3.03. The van der Waals surface area contributed by atoms with Crippen LogP contribution in [0.25, 0.3) is 0 Å². The van der Waals surface area contributed by atoms with Gasteiger partial charge in [0.15, 0.2) is 0 Å². The fraction of sp³-hybridized carbons (Fsp3) is 0.400. The number of aromatic nitrogens is 1. The average molecular weight is 211 g/mol. The van der Waals surface area contributed by atoms with Crippen LogP contribution in [-0.2, 0) is 4.74 Å². The molecule has 1 aromatic rings. The Morgan fingerprint density at radius 3 is 3.07 bits per heavy atom. The second-order valence-corrected chi connectivity index (χ2v) is 2.68. The topological polar surface area (TPSA) is 68.7 Å². The molecule has 1 heterocycles. The third kappa shape index (κ3) is 3.55. The molecule has 0 unspecified atom stereocenters. The van der Waals surface area contributed by atoms with Gasteiger partial charge in [-0.25, -0.2) is 9.78 Å². The van der Waals surface area contributed by atoms with Gasteiger partial charge in [-0.2, -0.15) is 0 Å². The molecule has 0 atom stereocenters. The summed E-state index contributed by atoms with van der Waals surface area (Å²) in [5.41, 5.74) is 0.389. The summed E-state index contributed by atoms with van der Waals surface area (Å²) < 4.78 is 9.87. The fourth-order valence-corrected chi connectivity index (χ4v) is 0.980. The second-order valence-electron chi connectivity index (χ2n) is 2.68. The molecular formula is C10H13NO4. The minimum absolute atomic E-state index is 0.0920. The Hall–Kier alpha value is -1.62. The molecule has 5 heteroatoms. The summed E-state index contributed by atoms with van der Waals surface area (Å²) >= 11 is 0. The maximum absolute atomic E-state index is 11.3. The number of rotatable bonds is 5. The first kappa shape index (κ1) is 11.5. The summed E-state index contributed by atoms with van der Waals surface area (Å²) in [5, 5.41) is 8.55. The molecule has 0 saturated heterocycles. The van der Waals surface area contributed by atoms with Gasteiger partial charge in [-0.3, -0.25) is 0 Å². The normalized spacial score (nSPS) is 9.73. The largest absolute Gasteiger partial charge is 0.475 e. The zero-order valence-electron chi connectivity index (χ0n) is 8.47. The van der Waals surface area contributed by atoms with Crippen molar-refractivity contribution in [2.45, 2.75) is 6.92 Å². The Balaban J connectivity index is 2.69. The van der Waals surface area contributed by atoms with E-state index >= 15 is 0 Å². The standard InChI is InChI=1S/C10H13NO4/c1-2-14-10(13)8-3-4-11-9(7-8)15-6-5-12/h3-4,7,12H,2,5-6H2,1H3. The SMILES string of the molecule is CCOC(=O)c1ccnc(OCCO)c1. The van der Waals surface area contributed by atoms with Crippen LogP contribution in [0.4, 0.5) is 0 Å². The molecule has 0 aliphatic rings. The van der Waals surface area contributed by atoms with E-state index in [0.717, 1.165) is 0 Å². The van der Waals surface area contributed by atoms with E-state index in [1.165, 1.54) is 12.3 Å². The molecule has 0 spiro atoms. The first-order valence-electron chi connectivity index (χ1n) is 4.64. The molecule has 0 saturated carbocycles. The van der Waals surface area contributed by atoms with Crippen LogP contribution in [0.1, 0.15) is 17.3 Å². The van der Waals surface area contributed by atoms with Crippen molar-refractivity contribution in [3.8, 4) is 5.88 Å². The van der Waals surface area contributed by atoms with Crippen LogP contribution in [-0.4, -0.2) is 35.9 Å². The number of nitrogens with zero attached hydrogens (tertiary/aromatic N) is 1. The van der Waals surface area contributed by atoms with Crippen molar-refractivity contribution >= 4 is 5.97 Å². The van der Waals surface area contributed by atoms with Crippen molar-refractivity contribution in [3.63, 3.8) is 0 Å². The zero-order chi connectivity index (χ0) is 11.1. The minimum Gasteiger partial charge on any atom is -0.475 e.